The van der Waals surface area contributed by atoms with Crippen molar-refractivity contribution in [2.75, 3.05) is 17.3 Å². The molecule has 104 valence electrons. The molecule has 1 heterocycles. The highest BCUT2D eigenvalue weighted by molar-refractivity contribution is 6.07. The van der Waals surface area contributed by atoms with Gasteiger partial charge in [0.05, 0.1) is 17.9 Å². The summed E-state index contributed by atoms with van der Waals surface area (Å²) < 4.78 is 5.38. The van der Waals surface area contributed by atoms with Crippen LogP contribution in [0.25, 0.3) is 0 Å². The van der Waals surface area contributed by atoms with Gasteiger partial charge in [-0.25, -0.2) is 0 Å². The second-order valence-electron chi connectivity index (χ2n) is 3.98. The van der Waals surface area contributed by atoms with E-state index in [1.165, 1.54) is 6.20 Å². The number of hydrogen-bond acceptors (Lipinski definition) is 5. The molecular weight excluding hydrogens is 256 g/mol. The Kier molecular flexibility index (Phi) is 4.52. The van der Waals surface area contributed by atoms with Crippen LogP contribution in [-0.4, -0.2) is 17.5 Å². The average molecular weight is 272 g/mol. The first kappa shape index (κ1) is 13.8. The Morgan fingerprint density at radius 3 is 3.00 bits per heavy atom. The highest BCUT2D eigenvalue weighted by Gasteiger charge is 2.11. The highest BCUT2D eigenvalue weighted by atomic mass is 16.5. The number of carbonyl (C=O) groups is 1. The van der Waals surface area contributed by atoms with Crippen LogP contribution in [0.1, 0.15) is 17.3 Å². The third-order valence-electron chi connectivity index (χ3n) is 2.62. The standard InChI is InChI=1S/C14H16N4O2/c1-2-20-11-5-3-4-10(8-11)17-14(19)12-9-16-7-6-13(12)18-15/h3-9H,2,15H2,1H3,(H,16,18)(H,17,19). The molecule has 1 aromatic carbocycles. The number of aromatic nitrogens is 1. The Hall–Kier alpha value is -2.60. The molecule has 1 amide bonds. The van der Waals surface area contributed by atoms with Crippen molar-refractivity contribution in [1.82, 2.24) is 4.98 Å². The number of amides is 1. The SMILES string of the molecule is CCOc1cccc(NC(=O)c2cnccc2NN)c1. The maximum Gasteiger partial charge on any atom is 0.259 e. The lowest BCUT2D eigenvalue weighted by Crippen LogP contribution is -2.17. The van der Waals surface area contributed by atoms with Crippen molar-refractivity contribution in [3.63, 3.8) is 0 Å². The first-order valence-corrected chi connectivity index (χ1v) is 6.19. The van der Waals surface area contributed by atoms with E-state index in [9.17, 15) is 4.79 Å². The molecule has 0 saturated heterocycles. The Morgan fingerprint density at radius 1 is 1.40 bits per heavy atom. The van der Waals surface area contributed by atoms with E-state index < -0.39 is 0 Å². The van der Waals surface area contributed by atoms with Crippen molar-refractivity contribution in [3.05, 3.63) is 48.3 Å². The molecule has 1 aromatic heterocycles. The van der Waals surface area contributed by atoms with Crippen LogP contribution < -0.4 is 21.3 Å². The van der Waals surface area contributed by atoms with Crippen LogP contribution >= 0.6 is 0 Å². The second kappa shape index (κ2) is 6.53. The number of nitrogens with two attached hydrogens (primary N) is 1. The normalized spacial score (nSPS) is 9.90. The fourth-order valence-corrected chi connectivity index (χ4v) is 1.73. The summed E-state index contributed by atoms with van der Waals surface area (Å²) in [4.78, 5) is 16.1. The number of benzene rings is 1. The zero-order valence-electron chi connectivity index (χ0n) is 11.1. The second-order valence-corrected chi connectivity index (χ2v) is 3.98. The summed E-state index contributed by atoms with van der Waals surface area (Å²) in [5, 5.41) is 2.78. The molecule has 0 aliphatic heterocycles. The van der Waals surface area contributed by atoms with E-state index in [4.69, 9.17) is 10.6 Å². The van der Waals surface area contributed by atoms with Gasteiger partial charge < -0.3 is 15.5 Å². The van der Waals surface area contributed by atoms with Crippen molar-refractivity contribution in [1.29, 1.82) is 0 Å². The molecule has 0 aliphatic carbocycles. The van der Waals surface area contributed by atoms with E-state index in [-0.39, 0.29) is 5.91 Å². The molecule has 6 nitrogen and oxygen atoms in total. The summed E-state index contributed by atoms with van der Waals surface area (Å²) in [6.45, 7) is 2.47. The largest absolute Gasteiger partial charge is 0.494 e. The predicted octanol–water partition coefficient (Wildman–Crippen LogP) is 2.02. The van der Waals surface area contributed by atoms with Gasteiger partial charge in [-0.05, 0) is 25.1 Å². The first-order chi connectivity index (χ1) is 9.74. The fraction of sp³-hybridized carbons (Fsp3) is 0.143. The lowest BCUT2D eigenvalue weighted by molar-refractivity contribution is 0.102. The summed E-state index contributed by atoms with van der Waals surface area (Å²) in [5.74, 6) is 5.78. The molecule has 20 heavy (non-hydrogen) atoms. The Labute approximate surface area is 116 Å². The lowest BCUT2D eigenvalue weighted by atomic mass is 10.2. The van der Waals surface area contributed by atoms with Crippen LogP contribution in [0.5, 0.6) is 5.75 Å². The number of rotatable bonds is 5. The van der Waals surface area contributed by atoms with Crippen LogP contribution in [-0.2, 0) is 0 Å². The van der Waals surface area contributed by atoms with E-state index in [1.807, 2.05) is 19.1 Å². The van der Waals surface area contributed by atoms with Crippen LogP contribution in [0, 0.1) is 0 Å². The van der Waals surface area contributed by atoms with Gasteiger partial charge in [0, 0.05) is 24.1 Å². The minimum atomic E-state index is -0.292. The molecule has 0 radical (unpaired) electrons. The van der Waals surface area contributed by atoms with Crippen LogP contribution in [0.15, 0.2) is 42.7 Å². The molecule has 0 spiro atoms. The van der Waals surface area contributed by atoms with Gasteiger partial charge in [0.2, 0.25) is 0 Å². The summed E-state index contributed by atoms with van der Waals surface area (Å²) in [7, 11) is 0. The van der Waals surface area contributed by atoms with E-state index in [2.05, 4.69) is 15.7 Å². The molecule has 0 unspecified atom stereocenters. The van der Waals surface area contributed by atoms with E-state index >= 15 is 0 Å². The maximum absolute atomic E-state index is 12.2. The van der Waals surface area contributed by atoms with Crippen LogP contribution in [0.3, 0.4) is 0 Å². The number of nitrogens with zero attached hydrogens (tertiary/aromatic N) is 1. The third kappa shape index (κ3) is 3.24. The molecule has 0 bridgehead atoms. The molecule has 6 heteroatoms. The number of hydrogen-bond donors (Lipinski definition) is 3. The zero-order valence-corrected chi connectivity index (χ0v) is 11.1. The Balaban J connectivity index is 2.17. The summed E-state index contributed by atoms with van der Waals surface area (Å²) in [6, 6.07) is 8.81. The molecule has 0 aliphatic rings. The van der Waals surface area contributed by atoms with E-state index in [0.717, 1.165) is 0 Å². The minimum absolute atomic E-state index is 0.292. The van der Waals surface area contributed by atoms with Gasteiger partial charge in [-0.3, -0.25) is 15.6 Å². The fourth-order valence-electron chi connectivity index (χ4n) is 1.73. The molecular formula is C14H16N4O2. The minimum Gasteiger partial charge on any atom is -0.494 e. The number of nitrogens with one attached hydrogen (secondary N) is 2. The van der Waals surface area contributed by atoms with Gasteiger partial charge in [0.1, 0.15) is 5.75 Å². The zero-order chi connectivity index (χ0) is 14.4. The van der Waals surface area contributed by atoms with Crippen LogP contribution in [0.2, 0.25) is 0 Å². The molecule has 2 rings (SSSR count). The molecule has 4 N–H and O–H groups in total. The third-order valence-corrected chi connectivity index (χ3v) is 2.62. The Morgan fingerprint density at radius 2 is 2.25 bits per heavy atom. The highest BCUT2D eigenvalue weighted by Crippen LogP contribution is 2.19. The average Bonchev–Trinajstić information content (AvgIpc) is 2.48. The monoisotopic (exact) mass is 272 g/mol. The van der Waals surface area contributed by atoms with Gasteiger partial charge in [-0.2, -0.15) is 0 Å². The van der Waals surface area contributed by atoms with Crippen molar-refractivity contribution in [3.8, 4) is 5.75 Å². The number of nitrogen functional groups attached to an aromatic ring is 1. The molecule has 0 atom stereocenters. The van der Waals surface area contributed by atoms with Gasteiger partial charge >= 0.3 is 0 Å². The smallest absolute Gasteiger partial charge is 0.259 e. The number of anilines is 2. The van der Waals surface area contributed by atoms with E-state index in [0.29, 0.717) is 29.3 Å². The molecule has 2 aromatic rings. The topological polar surface area (TPSA) is 89.3 Å². The van der Waals surface area contributed by atoms with Crippen molar-refractivity contribution in [2.45, 2.75) is 6.92 Å². The van der Waals surface area contributed by atoms with Gasteiger partial charge in [0.25, 0.3) is 5.91 Å². The van der Waals surface area contributed by atoms with Crippen molar-refractivity contribution >= 4 is 17.3 Å². The van der Waals surface area contributed by atoms with Gasteiger partial charge in [0.15, 0.2) is 0 Å². The maximum atomic E-state index is 12.2. The number of ether oxygens (including phenoxy) is 1. The van der Waals surface area contributed by atoms with Crippen LogP contribution in [0.4, 0.5) is 11.4 Å². The molecule has 0 fully saturated rings. The van der Waals surface area contributed by atoms with E-state index in [1.54, 1.807) is 24.4 Å². The molecule has 0 saturated carbocycles. The van der Waals surface area contributed by atoms with Gasteiger partial charge in [-0.1, -0.05) is 6.07 Å². The summed E-state index contributed by atoms with van der Waals surface area (Å²) in [5.41, 5.74) is 4.00. The van der Waals surface area contributed by atoms with Gasteiger partial charge in [-0.15, -0.1) is 0 Å². The quantitative estimate of drug-likeness (QED) is 0.572. The van der Waals surface area contributed by atoms with Crippen molar-refractivity contribution < 1.29 is 9.53 Å². The summed E-state index contributed by atoms with van der Waals surface area (Å²) in [6.07, 6.45) is 3.01. The first-order valence-electron chi connectivity index (χ1n) is 6.19. The summed E-state index contributed by atoms with van der Waals surface area (Å²) >= 11 is 0. The predicted molar refractivity (Wildman–Crippen MR) is 77.6 cm³/mol. The Bertz CT molecular complexity index is 601. The lowest BCUT2D eigenvalue weighted by Gasteiger charge is -2.10. The van der Waals surface area contributed by atoms with Crippen molar-refractivity contribution in [2.24, 2.45) is 5.84 Å². The number of pyridine rings is 1. The number of hydrazine groups is 1. The number of carbonyl (C=O) groups excluding carboxylic acids is 1.